The van der Waals surface area contributed by atoms with Crippen LogP contribution in [0.25, 0.3) is 11.4 Å². The summed E-state index contributed by atoms with van der Waals surface area (Å²) in [7, 11) is 0. The molecule has 1 aliphatic heterocycles. The van der Waals surface area contributed by atoms with E-state index in [2.05, 4.69) is 55.5 Å². The van der Waals surface area contributed by atoms with Gasteiger partial charge in [0.1, 0.15) is 11.6 Å². The van der Waals surface area contributed by atoms with Crippen LogP contribution in [-0.4, -0.2) is 39.5 Å². The number of aromatic nitrogens is 3. The first-order valence-corrected chi connectivity index (χ1v) is 10.8. The zero-order chi connectivity index (χ0) is 20.8. The maximum atomic E-state index is 11.8. The Bertz CT molecular complexity index is 992. The highest BCUT2D eigenvalue weighted by Crippen LogP contribution is 2.20. The average Bonchev–Trinajstić information content (AvgIpc) is 2.79. The Morgan fingerprint density at radius 1 is 1.13 bits per heavy atom. The summed E-state index contributed by atoms with van der Waals surface area (Å²) in [6, 6.07) is 16.1. The molecular weight excluding hydrogens is 374 g/mol. The molecule has 0 unspecified atom stereocenters. The van der Waals surface area contributed by atoms with Crippen molar-refractivity contribution in [1.29, 1.82) is 0 Å². The van der Waals surface area contributed by atoms with Gasteiger partial charge in [-0.05, 0) is 56.0 Å². The third-order valence-electron chi connectivity index (χ3n) is 5.72. The predicted molar refractivity (Wildman–Crippen MR) is 120 cm³/mol. The molecule has 0 spiro atoms. The third-order valence-corrected chi connectivity index (χ3v) is 5.72. The minimum Gasteiger partial charge on any atom is -0.370 e. The highest BCUT2D eigenvalue weighted by Gasteiger charge is 2.19. The van der Waals surface area contributed by atoms with E-state index in [1.54, 1.807) is 6.20 Å². The van der Waals surface area contributed by atoms with Gasteiger partial charge in [0.2, 0.25) is 0 Å². The molecule has 30 heavy (non-hydrogen) atoms. The fourth-order valence-corrected chi connectivity index (χ4v) is 3.90. The SMILES string of the molecule is CCc1cc(=O)[nH]c(-c2ccc(NCC3CCN(Cc4ccccc4)CC3)nc2)n1. The van der Waals surface area contributed by atoms with Gasteiger partial charge in [0.05, 0.1) is 0 Å². The van der Waals surface area contributed by atoms with Crippen LogP contribution >= 0.6 is 0 Å². The Labute approximate surface area is 177 Å². The van der Waals surface area contributed by atoms with Crippen molar-refractivity contribution in [3.05, 3.63) is 76.3 Å². The molecule has 156 valence electrons. The lowest BCUT2D eigenvalue weighted by molar-refractivity contribution is 0.182. The van der Waals surface area contributed by atoms with Gasteiger partial charge in [-0.1, -0.05) is 37.3 Å². The molecule has 3 heterocycles. The van der Waals surface area contributed by atoms with Crippen LogP contribution in [-0.2, 0) is 13.0 Å². The number of anilines is 1. The van der Waals surface area contributed by atoms with Crippen LogP contribution in [0.4, 0.5) is 5.82 Å². The Hall–Kier alpha value is -2.99. The molecule has 0 radical (unpaired) electrons. The minimum atomic E-state index is -0.127. The smallest absolute Gasteiger partial charge is 0.251 e. The Kier molecular flexibility index (Phi) is 6.54. The zero-order valence-electron chi connectivity index (χ0n) is 17.5. The van der Waals surface area contributed by atoms with Crippen LogP contribution in [0.5, 0.6) is 0 Å². The summed E-state index contributed by atoms with van der Waals surface area (Å²) in [4.78, 5) is 26.1. The van der Waals surface area contributed by atoms with E-state index in [0.29, 0.717) is 11.7 Å². The van der Waals surface area contributed by atoms with Gasteiger partial charge >= 0.3 is 0 Å². The summed E-state index contributed by atoms with van der Waals surface area (Å²) in [5.41, 5.74) is 2.87. The largest absolute Gasteiger partial charge is 0.370 e. The van der Waals surface area contributed by atoms with Gasteiger partial charge in [0.15, 0.2) is 0 Å². The molecule has 0 atom stereocenters. The second-order valence-corrected chi connectivity index (χ2v) is 7.96. The molecule has 2 aromatic heterocycles. The van der Waals surface area contributed by atoms with Gasteiger partial charge in [-0.15, -0.1) is 0 Å². The number of nitrogens with one attached hydrogen (secondary N) is 2. The molecule has 3 aromatic rings. The van der Waals surface area contributed by atoms with E-state index < -0.39 is 0 Å². The number of nitrogens with zero attached hydrogens (tertiary/aromatic N) is 3. The number of rotatable bonds is 7. The summed E-state index contributed by atoms with van der Waals surface area (Å²) in [6.45, 7) is 6.25. The molecule has 2 N–H and O–H groups in total. The fraction of sp³-hybridized carbons (Fsp3) is 0.375. The minimum absolute atomic E-state index is 0.127. The van der Waals surface area contributed by atoms with E-state index in [1.807, 2.05) is 19.1 Å². The summed E-state index contributed by atoms with van der Waals surface area (Å²) in [5.74, 6) is 2.10. The van der Waals surface area contributed by atoms with Gasteiger partial charge in [0.25, 0.3) is 5.56 Å². The van der Waals surface area contributed by atoms with Crippen LogP contribution in [0.15, 0.2) is 59.5 Å². The van der Waals surface area contributed by atoms with Crippen molar-refractivity contribution in [2.75, 3.05) is 25.0 Å². The van der Waals surface area contributed by atoms with Gasteiger partial charge < -0.3 is 10.3 Å². The molecule has 0 saturated carbocycles. The Balaban J connectivity index is 1.27. The monoisotopic (exact) mass is 403 g/mol. The average molecular weight is 404 g/mol. The summed E-state index contributed by atoms with van der Waals surface area (Å²) >= 11 is 0. The van der Waals surface area contributed by atoms with Gasteiger partial charge in [-0.3, -0.25) is 9.69 Å². The molecule has 0 bridgehead atoms. The lowest BCUT2D eigenvalue weighted by atomic mass is 9.96. The number of H-pyrrole nitrogens is 1. The Morgan fingerprint density at radius 3 is 2.63 bits per heavy atom. The third kappa shape index (κ3) is 5.33. The molecule has 4 rings (SSSR count). The number of likely N-dealkylation sites (tertiary alicyclic amines) is 1. The van der Waals surface area contributed by atoms with Crippen LogP contribution in [0.2, 0.25) is 0 Å². The lowest BCUT2D eigenvalue weighted by Gasteiger charge is -2.32. The van der Waals surface area contributed by atoms with Crippen LogP contribution in [0.1, 0.15) is 31.0 Å². The normalized spacial score (nSPS) is 15.2. The van der Waals surface area contributed by atoms with Gasteiger partial charge in [-0.2, -0.15) is 0 Å². The van der Waals surface area contributed by atoms with E-state index in [4.69, 9.17) is 0 Å². The quantitative estimate of drug-likeness (QED) is 0.629. The van der Waals surface area contributed by atoms with Crippen LogP contribution in [0, 0.1) is 5.92 Å². The number of pyridine rings is 1. The topological polar surface area (TPSA) is 73.9 Å². The van der Waals surface area contributed by atoms with E-state index in [-0.39, 0.29) is 5.56 Å². The molecular formula is C24H29N5O. The molecule has 6 heteroatoms. The van der Waals surface area contributed by atoms with Crippen LogP contribution < -0.4 is 10.9 Å². The van der Waals surface area contributed by atoms with E-state index >= 15 is 0 Å². The molecule has 0 amide bonds. The number of aryl methyl sites for hydroxylation is 1. The highest BCUT2D eigenvalue weighted by atomic mass is 16.1. The van der Waals surface area contributed by atoms with Gasteiger partial charge in [-0.25, -0.2) is 9.97 Å². The predicted octanol–water partition coefficient (Wildman–Crippen LogP) is 3.72. The van der Waals surface area contributed by atoms with Crippen molar-refractivity contribution >= 4 is 5.82 Å². The first-order chi connectivity index (χ1) is 14.7. The highest BCUT2D eigenvalue weighted by molar-refractivity contribution is 5.55. The molecule has 0 aliphatic carbocycles. The van der Waals surface area contributed by atoms with Crippen molar-refractivity contribution in [3.8, 4) is 11.4 Å². The summed E-state index contributed by atoms with van der Waals surface area (Å²) in [6.07, 6.45) is 4.90. The summed E-state index contributed by atoms with van der Waals surface area (Å²) in [5, 5.41) is 3.47. The molecule has 1 saturated heterocycles. The fourth-order valence-electron chi connectivity index (χ4n) is 3.90. The number of aromatic amines is 1. The molecule has 6 nitrogen and oxygen atoms in total. The first-order valence-electron chi connectivity index (χ1n) is 10.8. The number of hydrogen-bond acceptors (Lipinski definition) is 5. The van der Waals surface area contributed by atoms with Crippen molar-refractivity contribution in [1.82, 2.24) is 19.9 Å². The second-order valence-electron chi connectivity index (χ2n) is 7.96. The number of hydrogen-bond donors (Lipinski definition) is 2. The Morgan fingerprint density at radius 2 is 1.93 bits per heavy atom. The number of piperidine rings is 1. The molecule has 1 aliphatic rings. The molecule has 1 aromatic carbocycles. The van der Waals surface area contributed by atoms with Crippen molar-refractivity contribution < 1.29 is 0 Å². The van der Waals surface area contributed by atoms with Crippen molar-refractivity contribution in [2.45, 2.75) is 32.7 Å². The number of benzene rings is 1. The van der Waals surface area contributed by atoms with E-state index in [0.717, 1.165) is 49.7 Å². The molecule has 1 fully saturated rings. The van der Waals surface area contributed by atoms with Crippen molar-refractivity contribution in [3.63, 3.8) is 0 Å². The zero-order valence-corrected chi connectivity index (χ0v) is 17.5. The van der Waals surface area contributed by atoms with E-state index in [1.165, 1.54) is 24.5 Å². The van der Waals surface area contributed by atoms with E-state index in [9.17, 15) is 4.79 Å². The van der Waals surface area contributed by atoms with Gasteiger partial charge in [0, 0.05) is 36.6 Å². The van der Waals surface area contributed by atoms with Crippen molar-refractivity contribution in [2.24, 2.45) is 5.92 Å². The summed E-state index contributed by atoms with van der Waals surface area (Å²) < 4.78 is 0. The maximum Gasteiger partial charge on any atom is 0.251 e. The maximum absolute atomic E-state index is 11.8. The lowest BCUT2D eigenvalue weighted by Crippen LogP contribution is -2.35. The standard InChI is InChI=1S/C24H29N5O/c1-2-21-14-23(30)28-24(27-21)20-8-9-22(26-16-20)25-15-18-10-12-29(13-11-18)17-19-6-4-3-5-7-19/h3-9,14,16,18H,2,10-13,15,17H2,1H3,(H,25,26)(H,27,28,30). The van der Waals surface area contributed by atoms with Crippen LogP contribution in [0.3, 0.4) is 0 Å². The first kappa shape index (κ1) is 20.3. The second kappa shape index (κ2) is 9.67.